The molecule has 1 aliphatic rings. The monoisotopic (exact) mass is 598 g/mol. The first-order chi connectivity index (χ1) is 19.0. The molecule has 1 heterocycles. The van der Waals surface area contributed by atoms with Gasteiger partial charge in [-0.2, -0.15) is 0 Å². The number of amides is 2. The number of nitrogens with zero attached hydrogens (tertiary/aromatic N) is 2. The Hall–Kier alpha value is -4.27. The molecule has 2 amide bonds. The van der Waals surface area contributed by atoms with Crippen molar-refractivity contribution in [2.24, 2.45) is 0 Å². The molecule has 6 nitrogen and oxygen atoms in total. The third-order valence-corrected chi connectivity index (χ3v) is 7.28. The second kappa shape index (κ2) is 11.6. The summed E-state index contributed by atoms with van der Waals surface area (Å²) in [7, 11) is 1.57. The van der Waals surface area contributed by atoms with Gasteiger partial charge in [0.05, 0.1) is 18.5 Å². The third kappa shape index (κ3) is 5.48. The summed E-state index contributed by atoms with van der Waals surface area (Å²) in [5.74, 6) is 0.00866. The summed E-state index contributed by atoms with van der Waals surface area (Å²) in [6.45, 7) is 0.267. The molecular formula is C31H23BrN2O4S. The maximum atomic E-state index is 13.8. The van der Waals surface area contributed by atoms with Crippen LogP contribution in [-0.4, -0.2) is 24.0 Å². The average Bonchev–Trinajstić information content (AvgIpc) is 2.96. The number of carbonyl (C=O) groups is 2. The van der Waals surface area contributed by atoms with Crippen LogP contribution in [0.5, 0.6) is 11.5 Å². The SMILES string of the molecule is COc1ccc(C=C2C(=O)N(c3ccccc3)C(=S)N(c3ccccc3)C2=O)c(OCc2ccccc2Br)c1. The van der Waals surface area contributed by atoms with Crippen LogP contribution in [0.4, 0.5) is 11.4 Å². The van der Waals surface area contributed by atoms with Crippen LogP contribution in [0.15, 0.2) is 113 Å². The van der Waals surface area contributed by atoms with Crippen LogP contribution in [-0.2, 0) is 16.2 Å². The maximum Gasteiger partial charge on any atom is 0.270 e. The first kappa shape index (κ1) is 26.3. The predicted octanol–water partition coefficient (Wildman–Crippen LogP) is 6.79. The third-order valence-electron chi connectivity index (χ3n) is 6.14. The van der Waals surface area contributed by atoms with Crippen LogP contribution < -0.4 is 19.3 Å². The number of anilines is 2. The number of benzene rings is 4. The van der Waals surface area contributed by atoms with Gasteiger partial charge in [0.2, 0.25) is 0 Å². The number of rotatable bonds is 7. The summed E-state index contributed by atoms with van der Waals surface area (Å²) in [5, 5.41) is 0.0830. The minimum Gasteiger partial charge on any atom is -0.497 e. The first-order valence-electron chi connectivity index (χ1n) is 12.1. The molecule has 4 aromatic rings. The maximum absolute atomic E-state index is 13.8. The lowest BCUT2D eigenvalue weighted by molar-refractivity contribution is -0.120. The fraction of sp³-hybridized carbons (Fsp3) is 0.0645. The molecule has 0 unspecified atom stereocenters. The van der Waals surface area contributed by atoms with Crippen molar-refractivity contribution in [1.29, 1.82) is 0 Å². The van der Waals surface area contributed by atoms with Crippen LogP contribution in [0.2, 0.25) is 0 Å². The molecule has 1 aliphatic heterocycles. The zero-order valence-electron chi connectivity index (χ0n) is 20.9. The minimum absolute atomic E-state index is 0.0489. The van der Waals surface area contributed by atoms with Crippen LogP contribution in [0.3, 0.4) is 0 Å². The standard InChI is InChI=1S/C31H23BrN2O4S/c1-37-25-17-16-21(28(19-25)38-20-22-10-8-9-15-27(22)32)18-26-29(35)33(23-11-4-2-5-12-23)31(39)34(30(26)36)24-13-6-3-7-14-24/h2-19H,20H2,1H3. The Kier molecular flexibility index (Phi) is 7.86. The molecule has 5 rings (SSSR count). The van der Waals surface area contributed by atoms with Gasteiger partial charge in [0.15, 0.2) is 5.11 Å². The van der Waals surface area contributed by atoms with E-state index in [-0.39, 0.29) is 17.3 Å². The summed E-state index contributed by atoms with van der Waals surface area (Å²) < 4.78 is 12.5. The molecule has 0 N–H and O–H groups in total. The second-order valence-corrected chi connectivity index (χ2v) is 9.80. The predicted molar refractivity (Wildman–Crippen MR) is 160 cm³/mol. The van der Waals surface area contributed by atoms with Crippen molar-refractivity contribution < 1.29 is 19.1 Å². The lowest BCUT2D eigenvalue weighted by Crippen LogP contribution is -2.56. The smallest absolute Gasteiger partial charge is 0.270 e. The molecule has 0 atom stereocenters. The van der Waals surface area contributed by atoms with Crippen LogP contribution in [0.25, 0.3) is 6.08 Å². The highest BCUT2D eigenvalue weighted by Crippen LogP contribution is 2.33. The van der Waals surface area contributed by atoms with Crippen molar-refractivity contribution >= 4 is 62.5 Å². The van der Waals surface area contributed by atoms with Crippen molar-refractivity contribution in [3.8, 4) is 11.5 Å². The van der Waals surface area contributed by atoms with E-state index in [1.807, 2.05) is 60.7 Å². The van der Waals surface area contributed by atoms with Crippen molar-refractivity contribution in [2.75, 3.05) is 16.9 Å². The van der Waals surface area contributed by atoms with E-state index >= 15 is 0 Å². The molecule has 0 aromatic heterocycles. The number of hydrogen-bond acceptors (Lipinski definition) is 5. The Morgan fingerprint density at radius 1 is 0.795 bits per heavy atom. The number of halogens is 1. The molecule has 0 saturated carbocycles. The molecule has 8 heteroatoms. The quantitative estimate of drug-likeness (QED) is 0.133. The number of carbonyl (C=O) groups excluding carboxylic acids is 2. The van der Waals surface area contributed by atoms with Gasteiger partial charge in [0, 0.05) is 21.7 Å². The zero-order valence-corrected chi connectivity index (χ0v) is 23.3. The van der Waals surface area contributed by atoms with Crippen LogP contribution in [0, 0.1) is 0 Å². The lowest BCUT2D eigenvalue weighted by atomic mass is 10.0. The van der Waals surface area contributed by atoms with Crippen LogP contribution >= 0.6 is 28.1 Å². The molecule has 0 bridgehead atoms. The molecule has 0 radical (unpaired) electrons. The van der Waals surface area contributed by atoms with Gasteiger partial charge in [0.1, 0.15) is 23.7 Å². The van der Waals surface area contributed by atoms with Gasteiger partial charge in [-0.1, -0.05) is 70.5 Å². The highest BCUT2D eigenvalue weighted by Gasteiger charge is 2.41. The Labute approximate surface area is 240 Å². The minimum atomic E-state index is -0.518. The summed E-state index contributed by atoms with van der Waals surface area (Å²) in [6, 6.07) is 31.1. The Balaban J connectivity index is 1.59. The molecule has 4 aromatic carbocycles. The van der Waals surface area contributed by atoms with Crippen molar-refractivity contribution in [2.45, 2.75) is 6.61 Å². The summed E-state index contributed by atoms with van der Waals surface area (Å²) in [5.41, 5.74) is 2.57. The number of thiocarbonyl (C=S) groups is 1. The molecule has 1 saturated heterocycles. The van der Waals surface area contributed by atoms with Gasteiger partial charge in [-0.25, -0.2) is 0 Å². The number of para-hydroxylation sites is 2. The first-order valence-corrected chi connectivity index (χ1v) is 13.3. The normalized spacial score (nSPS) is 13.5. The van der Waals surface area contributed by atoms with Crippen LogP contribution in [0.1, 0.15) is 11.1 Å². The van der Waals surface area contributed by atoms with Gasteiger partial charge in [-0.05, 0) is 60.8 Å². The van der Waals surface area contributed by atoms with Gasteiger partial charge in [0.25, 0.3) is 11.8 Å². The fourth-order valence-electron chi connectivity index (χ4n) is 4.15. The van der Waals surface area contributed by atoms with E-state index in [0.29, 0.717) is 28.4 Å². The summed E-state index contributed by atoms with van der Waals surface area (Å²) in [6.07, 6.45) is 1.55. The van der Waals surface area contributed by atoms with E-state index in [1.165, 1.54) is 9.80 Å². The Bertz CT molecular complexity index is 1510. The van der Waals surface area contributed by atoms with Gasteiger partial charge < -0.3 is 9.47 Å². The van der Waals surface area contributed by atoms with Gasteiger partial charge in [-0.3, -0.25) is 19.4 Å². The topological polar surface area (TPSA) is 59.1 Å². The summed E-state index contributed by atoms with van der Waals surface area (Å²) >= 11 is 9.23. The van der Waals surface area contributed by atoms with Gasteiger partial charge in [-0.15, -0.1) is 0 Å². The van der Waals surface area contributed by atoms with Crippen molar-refractivity contribution in [3.05, 3.63) is 124 Å². The number of methoxy groups -OCH3 is 1. The zero-order chi connectivity index (χ0) is 27.4. The Morgan fingerprint density at radius 3 is 1.92 bits per heavy atom. The van der Waals surface area contributed by atoms with E-state index in [1.54, 1.807) is 55.7 Å². The Morgan fingerprint density at radius 2 is 1.36 bits per heavy atom. The largest absolute Gasteiger partial charge is 0.497 e. The molecule has 39 heavy (non-hydrogen) atoms. The van der Waals surface area contributed by atoms with E-state index in [9.17, 15) is 9.59 Å². The lowest BCUT2D eigenvalue weighted by Gasteiger charge is -2.36. The number of hydrogen-bond donors (Lipinski definition) is 0. The molecule has 1 fully saturated rings. The molecule has 194 valence electrons. The highest BCUT2D eigenvalue weighted by molar-refractivity contribution is 9.10. The van der Waals surface area contributed by atoms with Gasteiger partial charge >= 0.3 is 0 Å². The van der Waals surface area contributed by atoms with E-state index in [0.717, 1.165) is 10.0 Å². The molecule has 0 spiro atoms. The van der Waals surface area contributed by atoms with Crippen molar-refractivity contribution in [1.82, 2.24) is 0 Å². The van der Waals surface area contributed by atoms with Crippen molar-refractivity contribution in [3.63, 3.8) is 0 Å². The molecular weight excluding hydrogens is 576 g/mol. The van der Waals surface area contributed by atoms with E-state index < -0.39 is 11.8 Å². The molecule has 0 aliphatic carbocycles. The number of ether oxygens (including phenoxy) is 2. The van der Waals surface area contributed by atoms with E-state index in [2.05, 4.69) is 15.9 Å². The summed E-state index contributed by atoms with van der Waals surface area (Å²) in [4.78, 5) is 30.4. The van der Waals surface area contributed by atoms with E-state index in [4.69, 9.17) is 21.7 Å². The highest BCUT2D eigenvalue weighted by atomic mass is 79.9. The fourth-order valence-corrected chi connectivity index (χ4v) is 4.93. The average molecular weight is 600 g/mol. The second-order valence-electron chi connectivity index (χ2n) is 8.58.